The second-order valence-electron chi connectivity index (χ2n) is 6.31. The first kappa shape index (κ1) is 14.2. The Balaban J connectivity index is 1.89. The van der Waals surface area contributed by atoms with Gasteiger partial charge in [-0.05, 0) is 56.6 Å². The molecule has 0 amide bonds. The van der Waals surface area contributed by atoms with Crippen LogP contribution < -0.4 is 5.32 Å². The van der Waals surface area contributed by atoms with Crippen molar-refractivity contribution in [2.75, 3.05) is 0 Å². The van der Waals surface area contributed by atoms with Crippen LogP contribution in [0.15, 0.2) is 30.5 Å². The van der Waals surface area contributed by atoms with Gasteiger partial charge in [-0.1, -0.05) is 37.3 Å². The molecule has 2 rings (SSSR count). The van der Waals surface area contributed by atoms with Crippen molar-refractivity contribution in [3.05, 3.63) is 47.2 Å². The van der Waals surface area contributed by atoms with Crippen molar-refractivity contribution in [1.29, 1.82) is 0 Å². The molecule has 19 heavy (non-hydrogen) atoms. The van der Waals surface area contributed by atoms with Crippen molar-refractivity contribution in [1.82, 2.24) is 5.32 Å². The van der Waals surface area contributed by atoms with Crippen LogP contribution in [0.2, 0.25) is 0 Å². The molecule has 1 aromatic carbocycles. The lowest BCUT2D eigenvalue weighted by molar-refractivity contribution is 0.320. The summed E-state index contributed by atoms with van der Waals surface area (Å²) in [5, 5.41) is 3.64. The molecule has 1 aliphatic carbocycles. The van der Waals surface area contributed by atoms with E-state index in [1.807, 2.05) is 0 Å². The van der Waals surface area contributed by atoms with Gasteiger partial charge in [-0.15, -0.1) is 0 Å². The fourth-order valence-corrected chi connectivity index (χ4v) is 2.96. The summed E-state index contributed by atoms with van der Waals surface area (Å²) < 4.78 is 0. The third-order valence-electron chi connectivity index (χ3n) is 4.33. The summed E-state index contributed by atoms with van der Waals surface area (Å²) in [4.78, 5) is 0. The standard InChI is InChI=1S/C18H27N/c1-13-6-9-18(10-7-13)19-16(4)12-17-11-14(2)5-8-15(17)3/h5,8,11,13,18-19H,4,6-7,9-10,12H2,1-3H3/t13-,18+. The van der Waals surface area contributed by atoms with Crippen molar-refractivity contribution in [3.63, 3.8) is 0 Å². The molecular formula is C18H27N. The number of hydrogen-bond acceptors (Lipinski definition) is 1. The number of rotatable bonds is 4. The Morgan fingerprint density at radius 2 is 1.89 bits per heavy atom. The van der Waals surface area contributed by atoms with E-state index < -0.39 is 0 Å². The number of aryl methyl sites for hydroxylation is 2. The summed E-state index contributed by atoms with van der Waals surface area (Å²) in [6.45, 7) is 10.9. The summed E-state index contributed by atoms with van der Waals surface area (Å²) in [5.74, 6) is 0.908. The predicted molar refractivity (Wildman–Crippen MR) is 83.3 cm³/mol. The van der Waals surface area contributed by atoms with Crippen LogP contribution in [0.1, 0.15) is 49.3 Å². The van der Waals surface area contributed by atoms with E-state index in [-0.39, 0.29) is 0 Å². The largest absolute Gasteiger partial charge is 0.386 e. The van der Waals surface area contributed by atoms with Gasteiger partial charge in [-0.3, -0.25) is 0 Å². The summed E-state index contributed by atoms with van der Waals surface area (Å²) in [6, 6.07) is 7.32. The van der Waals surface area contributed by atoms with Crippen LogP contribution in [0.5, 0.6) is 0 Å². The highest BCUT2D eigenvalue weighted by Gasteiger charge is 2.18. The van der Waals surface area contributed by atoms with Gasteiger partial charge in [-0.25, -0.2) is 0 Å². The molecule has 0 radical (unpaired) electrons. The average molecular weight is 257 g/mol. The highest BCUT2D eigenvalue weighted by Crippen LogP contribution is 2.24. The van der Waals surface area contributed by atoms with Crippen molar-refractivity contribution >= 4 is 0 Å². The maximum absolute atomic E-state index is 4.22. The van der Waals surface area contributed by atoms with Crippen molar-refractivity contribution in [3.8, 4) is 0 Å². The van der Waals surface area contributed by atoms with Crippen molar-refractivity contribution in [2.45, 2.75) is 58.9 Å². The lowest BCUT2D eigenvalue weighted by Gasteiger charge is -2.28. The highest BCUT2D eigenvalue weighted by molar-refractivity contribution is 5.33. The van der Waals surface area contributed by atoms with E-state index in [2.05, 4.69) is 50.9 Å². The Labute approximate surface area is 118 Å². The zero-order valence-electron chi connectivity index (χ0n) is 12.6. The maximum atomic E-state index is 4.22. The predicted octanol–water partition coefficient (Wildman–Crippen LogP) is 4.53. The second kappa shape index (κ2) is 6.27. The molecule has 1 saturated carbocycles. The molecule has 0 saturated heterocycles. The van der Waals surface area contributed by atoms with E-state index in [4.69, 9.17) is 0 Å². The average Bonchev–Trinajstić information content (AvgIpc) is 2.37. The molecule has 0 atom stereocenters. The molecular weight excluding hydrogens is 230 g/mol. The molecule has 104 valence electrons. The van der Waals surface area contributed by atoms with E-state index in [1.54, 1.807) is 0 Å². The molecule has 0 bridgehead atoms. The summed E-state index contributed by atoms with van der Waals surface area (Å²) in [5.41, 5.74) is 5.28. The Kier molecular flexibility index (Phi) is 4.68. The zero-order chi connectivity index (χ0) is 13.8. The van der Waals surface area contributed by atoms with E-state index in [1.165, 1.54) is 48.1 Å². The highest BCUT2D eigenvalue weighted by atomic mass is 14.9. The van der Waals surface area contributed by atoms with E-state index in [0.29, 0.717) is 6.04 Å². The van der Waals surface area contributed by atoms with E-state index in [9.17, 15) is 0 Å². The molecule has 1 fully saturated rings. The number of benzene rings is 1. The monoisotopic (exact) mass is 257 g/mol. The van der Waals surface area contributed by atoms with Gasteiger partial charge in [0, 0.05) is 18.2 Å². The molecule has 1 N–H and O–H groups in total. The van der Waals surface area contributed by atoms with Gasteiger partial charge in [0.05, 0.1) is 0 Å². The fraction of sp³-hybridized carbons (Fsp3) is 0.556. The molecule has 1 nitrogen and oxygen atoms in total. The smallest absolute Gasteiger partial charge is 0.0258 e. The number of allylic oxidation sites excluding steroid dienone is 1. The number of nitrogens with one attached hydrogen (secondary N) is 1. The SMILES string of the molecule is C=C(Cc1cc(C)ccc1C)N[C@H]1CC[C@@H](C)CC1. The third-order valence-corrected chi connectivity index (χ3v) is 4.33. The first-order valence-corrected chi connectivity index (χ1v) is 7.55. The molecule has 1 aromatic rings. The molecule has 0 spiro atoms. The zero-order valence-corrected chi connectivity index (χ0v) is 12.6. The van der Waals surface area contributed by atoms with Gasteiger partial charge in [0.25, 0.3) is 0 Å². The second-order valence-corrected chi connectivity index (χ2v) is 6.31. The summed E-state index contributed by atoms with van der Waals surface area (Å²) in [7, 11) is 0. The molecule has 0 aliphatic heterocycles. The fourth-order valence-electron chi connectivity index (χ4n) is 2.96. The Bertz CT molecular complexity index is 439. The lowest BCUT2D eigenvalue weighted by Crippen LogP contribution is -2.32. The minimum atomic E-state index is 0.647. The molecule has 0 unspecified atom stereocenters. The first-order chi connectivity index (χ1) is 9.04. The van der Waals surface area contributed by atoms with Crippen molar-refractivity contribution < 1.29 is 0 Å². The van der Waals surface area contributed by atoms with Gasteiger partial charge < -0.3 is 5.32 Å². The van der Waals surface area contributed by atoms with Gasteiger partial charge in [0.1, 0.15) is 0 Å². The van der Waals surface area contributed by atoms with Gasteiger partial charge in [0.2, 0.25) is 0 Å². The summed E-state index contributed by atoms with van der Waals surface area (Å²) >= 11 is 0. The number of hydrogen-bond donors (Lipinski definition) is 1. The van der Waals surface area contributed by atoms with Crippen LogP contribution in [0.3, 0.4) is 0 Å². The molecule has 1 aliphatic rings. The maximum Gasteiger partial charge on any atom is 0.0258 e. The van der Waals surface area contributed by atoms with E-state index in [0.717, 1.165) is 12.3 Å². The first-order valence-electron chi connectivity index (χ1n) is 7.55. The van der Waals surface area contributed by atoms with Crippen LogP contribution in [-0.2, 0) is 6.42 Å². The minimum absolute atomic E-state index is 0.647. The lowest BCUT2D eigenvalue weighted by atomic mass is 9.87. The van der Waals surface area contributed by atoms with Crippen LogP contribution >= 0.6 is 0 Å². The molecule has 0 heterocycles. The normalized spacial score (nSPS) is 23.1. The van der Waals surface area contributed by atoms with Crippen molar-refractivity contribution in [2.24, 2.45) is 5.92 Å². The van der Waals surface area contributed by atoms with Gasteiger partial charge >= 0.3 is 0 Å². The van der Waals surface area contributed by atoms with Gasteiger partial charge in [-0.2, -0.15) is 0 Å². The van der Waals surface area contributed by atoms with Crippen LogP contribution in [-0.4, -0.2) is 6.04 Å². The third kappa shape index (κ3) is 4.12. The quantitative estimate of drug-likeness (QED) is 0.835. The Morgan fingerprint density at radius 3 is 2.58 bits per heavy atom. The topological polar surface area (TPSA) is 12.0 Å². The molecule has 1 heteroatoms. The van der Waals surface area contributed by atoms with Crippen LogP contribution in [0.25, 0.3) is 0 Å². The summed E-state index contributed by atoms with van der Waals surface area (Å²) in [6.07, 6.45) is 6.27. The van der Waals surface area contributed by atoms with Crippen LogP contribution in [0, 0.1) is 19.8 Å². The Morgan fingerprint density at radius 1 is 1.21 bits per heavy atom. The van der Waals surface area contributed by atoms with E-state index >= 15 is 0 Å². The molecule has 0 aromatic heterocycles. The Hall–Kier alpha value is -1.24. The van der Waals surface area contributed by atoms with Gasteiger partial charge in [0.15, 0.2) is 0 Å². The minimum Gasteiger partial charge on any atom is -0.386 e. The van der Waals surface area contributed by atoms with Crippen LogP contribution in [0.4, 0.5) is 0 Å².